The first-order valence-corrected chi connectivity index (χ1v) is 7.13. The average molecular weight is 252 g/mol. The van der Waals surface area contributed by atoms with E-state index in [0.717, 1.165) is 12.8 Å². The number of nitrogens with two attached hydrogens (primary N) is 1. The van der Waals surface area contributed by atoms with Gasteiger partial charge in [0, 0.05) is 24.4 Å². The highest BCUT2D eigenvalue weighted by molar-refractivity contribution is 6.04. The van der Waals surface area contributed by atoms with Crippen LogP contribution in [-0.2, 0) is 9.59 Å². The number of rotatable bonds is 3. The Hall–Kier alpha value is -0.900. The van der Waals surface area contributed by atoms with Gasteiger partial charge < -0.3 is 5.73 Å². The third-order valence-electron chi connectivity index (χ3n) is 4.71. The topological polar surface area (TPSA) is 63.4 Å². The number of hydrogen-bond donors (Lipinski definition) is 1. The van der Waals surface area contributed by atoms with Gasteiger partial charge in [-0.15, -0.1) is 0 Å². The van der Waals surface area contributed by atoms with E-state index in [-0.39, 0.29) is 29.7 Å². The summed E-state index contributed by atoms with van der Waals surface area (Å²) in [5, 5.41) is 0. The van der Waals surface area contributed by atoms with Gasteiger partial charge in [0.25, 0.3) is 0 Å². The molecule has 18 heavy (non-hydrogen) atoms. The van der Waals surface area contributed by atoms with E-state index in [2.05, 4.69) is 0 Å². The second-order valence-electron chi connectivity index (χ2n) is 5.93. The van der Waals surface area contributed by atoms with Gasteiger partial charge in [-0.25, -0.2) is 0 Å². The lowest BCUT2D eigenvalue weighted by Crippen LogP contribution is -2.45. The summed E-state index contributed by atoms with van der Waals surface area (Å²) >= 11 is 0. The summed E-state index contributed by atoms with van der Waals surface area (Å²) in [6, 6.07) is -0.0456. The number of hydrogen-bond acceptors (Lipinski definition) is 3. The Bertz CT molecular complexity index is 317. The van der Waals surface area contributed by atoms with Crippen LogP contribution in [0.1, 0.15) is 46.0 Å². The molecule has 4 nitrogen and oxygen atoms in total. The smallest absolute Gasteiger partial charge is 0.232 e. The van der Waals surface area contributed by atoms with E-state index in [9.17, 15) is 9.59 Å². The van der Waals surface area contributed by atoms with Crippen LogP contribution in [0.4, 0.5) is 0 Å². The summed E-state index contributed by atoms with van der Waals surface area (Å²) in [7, 11) is 0. The van der Waals surface area contributed by atoms with E-state index >= 15 is 0 Å². The fourth-order valence-corrected chi connectivity index (χ4v) is 3.13. The van der Waals surface area contributed by atoms with E-state index in [1.807, 2.05) is 13.8 Å². The van der Waals surface area contributed by atoms with E-state index < -0.39 is 0 Å². The van der Waals surface area contributed by atoms with E-state index in [1.165, 1.54) is 24.2 Å². The molecule has 2 aliphatic rings. The minimum atomic E-state index is -0.184. The Morgan fingerprint density at radius 1 is 1.11 bits per heavy atom. The first kappa shape index (κ1) is 13.5. The molecule has 1 saturated carbocycles. The van der Waals surface area contributed by atoms with Gasteiger partial charge in [-0.3, -0.25) is 14.5 Å². The molecule has 0 spiro atoms. The molecule has 0 bridgehead atoms. The van der Waals surface area contributed by atoms with Gasteiger partial charge >= 0.3 is 0 Å². The van der Waals surface area contributed by atoms with Crippen LogP contribution in [0.15, 0.2) is 0 Å². The molecule has 3 unspecified atom stereocenters. The van der Waals surface area contributed by atoms with E-state index in [4.69, 9.17) is 5.73 Å². The summed E-state index contributed by atoms with van der Waals surface area (Å²) in [6.07, 6.45) is 6.03. The maximum absolute atomic E-state index is 12.0. The van der Waals surface area contributed by atoms with Gasteiger partial charge in [0.1, 0.15) is 0 Å². The highest BCUT2D eigenvalue weighted by atomic mass is 16.2. The van der Waals surface area contributed by atoms with Crippen LogP contribution in [0.25, 0.3) is 0 Å². The van der Waals surface area contributed by atoms with Gasteiger partial charge in [0.05, 0.1) is 0 Å². The van der Waals surface area contributed by atoms with Crippen LogP contribution >= 0.6 is 0 Å². The van der Waals surface area contributed by atoms with Crippen LogP contribution in [0.2, 0.25) is 0 Å². The molecule has 2 amide bonds. The van der Waals surface area contributed by atoms with Gasteiger partial charge in [-0.1, -0.05) is 33.1 Å². The molecular formula is C14H24N2O2. The van der Waals surface area contributed by atoms with Crippen molar-refractivity contribution < 1.29 is 9.59 Å². The largest absolute Gasteiger partial charge is 0.326 e. The summed E-state index contributed by atoms with van der Waals surface area (Å²) in [5.41, 5.74) is 6.20. The molecule has 0 radical (unpaired) electrons. The monoisotopic (exact) mass is 252 g/mol. The molecule has 1 aliphatic heterocycles. The van der Waals surface area contributed by atoms with Crippen molar-refractivity contribution in [2.45, 2.75) is 52.0 Å². The molecule has 1 saturated heterocycles. The molecule has 0 aromatic rings. The first-order chi connectivity index (χ1) is 8.52. The van der Waals surface area contributed by atoms with Crippen molar-refractivity contribution in [3.63, 3.8) is 0 Å². The van der Waals surface area contributed by atoms with Crippen molar-refractivity contribution in [3.8, 4) is 0 Å². The van der Waals surface area contributed by atoms with Crippen molar-refractivity contribution >= 4 is 11.8 Å². The van der Waals surface area contributed by atoms with Crippen molar-refractivity contribution in [3.05, 3.63) is 0 Å². The van der Waals surface area contributed by atoms with Crippen LogP contribution < -0.4 is 5.73 Å². The van der Waals surface area contributed by atoms with E-state index in [0.29, 0.717) is 12.5 Å². The van der Waals surface area contributed by atoms with Crippen LogP contribution in [0.3, 0.4) is 0 Å². The molecule has 0 aromatic carbocycles. The third-order valence-corrected chi connectivity index (χ3v) is 4.71. The maximum atomic E-state index is 12.0. The quantitative estimate of drug-likeness (QED) is 0.775. The van der Waals surface area contributed by atoms with Crippen LogP contribution in [0, 0.1) is 17.8 Å². The zero-order valence-corrected chi connectivity index (χ0v) is 11.4. The molecular weight excluding hydrogens is 228 g/mol. The fourth-order valence-electron chi connectivity index (χ4n) is 3.13. The maximum Gasteiger partial charge on any atom is 0.232 e. The number of nitrogens with zero attached hydrogens (tertiary/aromatic N) is 1. The minimum absolute atomic E-state index is 0.0428. The van der Waals surface area contributed by atoms with Gasteiger partial charge in [-0.2, -0.15) is 0 Å². The Kier molecular flexibility index (Phi) is 4.05. The molecule has 2 N–H and O–H groups in total. The minimum Gasteiger partial charge on any atom is -0.326 e. The van der Waals surface area contributed by atoms with Crippen molar-refractivity contribution in [1.82, 2.24) is 4.90 Å². The summed E-state index contributed by atoms with van der Waals surface area (Å²) in [4.78, 5) is 25.4. The number of carbonyl (C=O) groups is 2. The van der Waals surface area contributed by atoms with Gasteiger partial charge in [0.2, 0.25) is 11.8 Å². The summed E-state index contributed by atoms with van der Waals surface area (Å²) in [6.45, 7) is 4.07. The van der Waals surface area contributed by atoms with Crippen molar-refractivity contribution in [1.29, 1.82) is 0 Å². The number of imide groups is 1. The lowest BCUT2D eigenvalue weighted by Gasteiger charge is -2.30. The molecule has 2 rings (SSSR count). The molecule has 4 heteroatoms. The Morgan fingerprint density at radius 3 is 2.11 bits per heavy atom. The normalized spacial score (nSPS) is 32.1. The predicted octanol–water partition coefficient (Wildman–Crippen LogP) is 1.53. The van der Waals surface area contributed by atoms with Crippen molar-refractivity contribution in [2.75, 3.05) is 6.54 Å². The first-order valence-electron chi connectivity index (χ1n) is 7.13. The lowest BCUT2D eigenvalue weighted by molar-refractivity contribution is -0.140. The molecule has 1 aliphatic carbocycles. The third kappa shape index (κ3) is 2.44. The molecule has 2 fully saturated rings. The molecule has 102 valence electrons. The average Bonchev–Trinajstić information content (AvgIpc) is 2.57. The fraction of sp³-hybridized carbons (Fsp3) is 0.857. The zero-order valence-electron chi connectivity index (χ0n) is 11.4. The van der Waals surface area contributed by atoms with Gasteiger partial charge in [-0.05, 0) is 18.8 Å². The Balaban J connectivity index is 1.96. The second kappa shape index (κ2) is 5.39. The van der Waals surface area contributed by atoms with E-state index in [1.54, 1.807) is 0 Å². The molecule has 1 heterocycles. The zero-order chi connectivity index (χ0) is 13.3. The summed E-state index contributed by atoms with van der Waals surface area (Å²) < 4.78 is 0. The SMILES string of the molecule is CC1C(=O)N(CC(N)C2CCCCC2)C(=O)C1C. The van der Waals surface area contributed by atoms with Crippen LogP contribution in [0.5, 0.6) is 0 Å². The highest BCUT2D eigenvalue weighted by Crippen LogP contribution is 2.29. The van der Waals surface area contributed by atoms with Crippen LogP contribution in [-0.4, -0.2) is 29.3 Å². The number of carbonyl (C=O) groups excluding carboxylic acids is 2. The Morgan fingerprint density at radius 2 is 1.61 bits per heavy atom. The predicted molar refractivity (Wildman–Crippen MR) is 69.6 cm³/mol. The number of amides is 2. The van der Waals surface area contributed by atoms with Gasteiger partial charge in [0.15, 0.2) is 0 Å². The molecule has 3 atom stereocenters. The standard InChI is InChI=1S/C14H24N2O2/c1-9-10(2)14(18)16(13(9)17)8-12(15)11-6-4-3-5-7-11/h9-12H,3-8,15H2,1-2H3. The highest BCUT2D eigenvalue weighted by Gasteiger charge is 2.43. The summed E-state index contributed by atoms with van der Waals surface area (Å²) in [5.74, 6) is 0.0233. The number of likely N-dealkylation sites (tertiary alicyclic amines) is 1. The molecule has 0 aromatic heterocycles. The van der Waals surface area contributed by atoms with Crippen molar-refractivity contribution in [2.24, 2.45) is 23.5 Å². The second-order valence-corrected chi connectivity index (χ2v) is 5.93. The lowest BCUT2D eigenvalue weighted by atomic mass is 9.84. The Labute approximate surface area is 109 Å².